The van der Waals surface area contributed by atoms with Crippen molar-refractivity contribution in [3.8, 4) is 11.5 Å². The molecule has 654 valence electrons. The number of aromatic amines is 1. The number of nitrogens with one attached hydrogen (secondary N) is 17. The number of carbonyl (C=O) groups excluding carboxylic acids is 15. The molecule has 0 aliphatic carbocycles. The number of primary amides is 1. The molecule has 0 fully saturated rings. The van der Waals surface area contributed by atoms with Crippen LogP contribution in [0.25, 0.3) is 0 Å². The second-order valence-corrected chi connectivity index (χ2v) is 28.2. The van der Waals surface area contributed by atoms with Gasteiger partial charge in [0.25, 0.3) is 0 Å². The van der Waals surface area contributed by atoms with Crippen LogP contribution >= 0.6 is 11.8 Å². The molecule has 0 spiro atoms. The lowest BCUT2D eigenvalue weighted by Crippen LogP contribution is -2.63. The Labute approximate surface area is 679 Å². The van der Waals surface area contributed by atoms with Crippen molar-refractivity contribution in [1.82, 2.24) is 89.7 Å². The Hall–Kier alpha value is -11.9. The van der Waals surface area contributed by atoms with Crippen molar-refractivity contribution in [2.75, 3.05) is 58.2 Å². The molecule has 33 N–H and O–H groups in total. The highest BCUT2D eigenvalue weighted by molar-refractivity contribution is 7.98. The van der Waals surface area contributed by atoms with Crippen LogP contribution < -0.4 is 97.0 Å². The number of guanidine groups is 1. The number of aliphatic hydroxyl groups excluding tert-OH is 7. The zero-order valence-electron chi connectivity index (χ0n) is 65.0. The first-order chi connectivity index (χ1) is 55.7. The molecule has 3 rings (SSSR count). The van der Waals surface area contributed by atoms with Crippen LogP contribution in [-0.4, -0.2) is 316 Å². The molecule has 0 bridgehead atoms. The van der Waals surface area contributed by atoms with Gasteiger partial charge in [-0.3, -0.25) is 77.3 Å². The smallest absolute Gasteiger partial charge is 0.326 e. The largest absolute Gasteiger partial charge is 0.508 e. The van der Waals surface area contributed by atoms with E-state index in [1.54, 1.807) is 6.26 Å². The van der Waals surface area contributed by atoms with Crippen molar-refractivity contribution in [1.29, 1.82) is 5.41 Å². The van der Waals surface area contributed by atoms with Crippen molar-refractivity contribution < 1.29 is 128 Å². The van der Waals surface area contributed by atoms with E-state index in [-0.39, 0.29) is 61.0 Å². The van der Waals surface area contributed by atoms with Crippen molar-refractivity contribution >= 4 is 112 Å². The van der Waals surface area contributed by atoms with Gasteiger partial charge in [-0.15, -0.1) is 0 Å². The first-order valence-corrected chi connectivity index (χ1v) is 38.1. The summed E-state index contributed by atoms with van der Waals surface area (Å²) >= 11 is 1.28. The Morgan fingerprint density at radius 3 is 1.15 bits per heavy atom. The molecule has 16 atom stereocenters. The number of aromatic nitrogens is 2. The summed E-state index contributed by atoms with van der Waals surface area (Å²) in [5.41, 5.74) is 17.3. The number of carbonyl (C=O) groups is 16. The van der Waals surface area contributed by atoms with Gasteiger partial charge in [-0.1, -0.05) is 38.1 Å². The number of nitrogens with zero attached hydrogens (tertiary/aromatic N) is 1. The molecular formula is C70H107N21O26S. The van der Waals surface area contributed by atoms with Crippen LogP contribution in [-0.2, 0) is 96.0 Å². The Morgan fingerprint density at radius 2 is 0.788 bits per heavy atom. The third-order valence-corrected chi connectivity index (χ3v) is 18.1. The second-order valence-electron chi connectivity index (χ2n) is 27.2. The number of amides is 15. The van der Waals surface area contributed by atoms with Crippen LogP contribution in [0.4, 0.5) is 0 Å². The standard InChI is InChI=1S/C70H107N21O26S/c1-32(2)53(90-65(112)50(29-96)85-57(104)41(16-17-52(72)101)79-61(108)46(25-92)84-55(102)33(3)78-56(103)40(71)7-6-19-76-70(73)74)67(114)88-51(30-97)66(113)91-54(34(4)98)68(115)89-49(28-95)64(111)87-48(27-94)63(110)82-44(22-36-10-14-39(100)15-11-36)60(107)86-47(26-93)62(109)81-43(21-35-8-12-38(99)13-9-35)59(106)80-42(18-20-118-5)58(105)83-45(69(116)117)23-37-24-75-31-77-37/h8-15,24,31-34,40-51,53-54,92-100H,6-7,16-23,25-30,71H2,1-5H3,(H2,72,101)(H,75,77)(H,78,103)(H,79,108)(H,80,106)(H,81,109)(H,82,110)(H,83,105)(H,84,102)(H,85,104)(H,86,107)(H,87,111)(H,88,114)(H,89,115)(H,90,112)(H,91,113)(H,116,117)(H4,73,74,76)/t33-,34+,40-,41-,42-,43-,44-,45-,46-,47-,48-,49-,50-,51-,53-,54-/m0/s1. The lowest BCUT2D eigenvalue weighted by atomic mass is 10.0. The van der Waals surface area contributed by atoms with E-state index in [9.17, 15) is 128 Å². The van der Waals surface area contributed by atoms with Crippen LogP contribution in [0.1, 0.15) is 76.6 Å². The fourth-order valence-corrected chi connectivity index (χ4v) is 11.2. The molecule has 118 heavy (non-hydrogen) atoms. The van der Waals surface area contributed by atoms with Gasteiger partial charge in [-0.05, 0) is 92.8 Å². The van der Waals surface area contributed by atoms with Gasteiger partial charge in [-0.2, -0.15) is 11.8 Å². The van der Waals surface area contributed by atoms with Crippen LogP contribution in [0.2, 0.25) is 0 Å². The molecule has 47 nitrogen and oxygen atoms in total. The van der Waals surface area contributed by atoms with Gasteiger partial charge in [-0.25, -0.2) is 9.78 Å². The van der Waals surface area contributed by atoms with E-state index in [1.807, 2.05) is 5.32 Å². The molecule has 0 unspecified atom stereocenters. The summed E-state index contributed by atoms with van der Waals surface area (Å²) in [6, 6.07) is -16.0. The predicted octanol–water partition coefficient (Wildman–Crippen LogP) is -12.7. The second kappa shape index (κ2) is 51.2. The fraction of sp³-hybridized carbons (Fsp3) is 0.543. The van der Waals surface area contributed by atoms with E-state index in [0.717, 1.165) is 6.92 Å². The number of thioether (sulfide) groups is 1. The molecular weight excluding hydrogens is 1580 g/mol. The number of phenolic OH excluding ortho intramolecular Hbond substituents is 2. The zero-order chi connectivity index (χ0) is 88.6. The van der Waals surface area contributed by atoms with Crippen LogP contribution in [0.3, 0.4) is 0 Å². The van der Waals surface area contributed by atoms with E-state index in [2.05, 4.69) is 84.4 Å². The lowest BCUT2D eigenvalue weighted by Gasteiger charge is -2.29. The molecule has 0 radical (unpaired) electrons. The van der Waals surface area contributed by atoms with Crippen molar-refractivity contribution in [2.45, 2.75) is 176 Å². The minimum Gasteiger partial charge on any atom is -0.508 e. The molecule has 48 heteroatoms. The number of benzene rings is 2. The third kappa shape index (κ3) is 34.5. The van der Waals surface area contributed by atoms with E-state index in [4.69, 9.17) is 22.6 Å². The van der Waals surface area contributed by atoms with E-state index in [1.165, 1.54) is 93.6 Å². The van der Waals surface area contributed by atoms with Crippen molar-refractivity contribution in [3.63, 3.8) is 0 Å². The summed E-state index contributed by atoms with van der Waals surface area (Å²) in [5.74, 6) is -20.6. The Bertz CT molecular complexity index is 3890. The molecule has 1 aromatic heterocycles. The average Bonchev–Trinajstić information content (AvgIpc) is 0.945. The number of hydrogen-bond acceptors (Lipinski definition) is 29. The van der Waals surface area contributed by atoms with Crippen molar-refractivity contribution in [2.24, 2.45) is 23.1 Å². The number of carboxylic acids is 1. The number of aromatic hydroxyl groups is 2. The summed E-state index contributed by atoms with van der Waals surface area (Å²) < 4.78 is 0. The number of hydrogen-bond donors (Lipinski definition) is 30. The molecule has 0 saturated carbocycles. The van der Waals surface area contributed by atoms with Gasteiger partial charge in [0.2, 0.25) is 88.6 Å². The van der Waals surface area contributed by atoms with E-state index in [0.29, 0.717) is 17.7 Å². The number of rotatable bonds is 53. The van der Waals surface area contributed by atoms with Crippen molar-refractivity contribution in [3.05, 3.63) is 77.9 Å². The van der Waals surface area contributed by atoms with Gasteiger partial charge in [0.05, 0.1) is 58.1 Å². The van der Waals surface area contributed by atoms with Gasteiger partial charge in [0.1, 0.15) is 96.1 Å². The minimum atomic E-state index is -2.12. The molecule has 0 aliphatic heterocycles. The summed E-state index contributed by atoms with van der Waals surface area (Å²) in [6.45, 7) is -2.15. The molecule has 0 saturated heterocycles. The Kier molecular flexibility index (Phi) is 43.5. The molecule has 1 heterocycles. The fourth-order valence-electron chi connectivity index (χ4n) is 10.7. The monoisotopic (exact) mass is 1690 g/mol. The maximum Gasteiger partial charge on any atom is 0.326 e. The van der Waals surface area contributed by atoms with Crippen LogP contribution in [0.5, 0.6) is 11.5 Å². The number of H-pyrrole nitrogens is 1. The number of carboxylic acid groups (broad SMARTS) is 1. The highest BCUT2D eigenvalue weighted by atomic mass is 32.2. The number of aliphatic carboxylic acids is 1. The third-order valence-electron chi connectivity index (χ3n) is 17.5. The quantitative estimate of drug-likeness (QED) is 0.0142. The zero-order valence-corrected chi connectivity index (χ0v) is 65.8. The average molecular weight is 1690 g/mol. The number of aliphatic hydroxyl groups is 7. The Morgan fingerprint density at radius 1 is 0.441 bits per heavy atom. The van der Waals surface area contributed by atoms with Gasteiger partial charge in [0.15, 0.2) is 5.96 Å². The summed E-state index contributed by atoms with van der Waals surface area (Å²) in [6.07, 6.45) is 0.603. The van der Waals surface area contributed by atoms with Gasteiger partial charge in [0, 0.05) is 44.1 Å². The van der Waals surface area contributed by atoms with E-state index >= 15 is 0 Å². The first kappa shape index (κ1) is 100. The SMILES string of the molecule is CSCC[C@H](NC(=O)[C@H](Cc1ccc(O)cc1)NC(=O)[C@H](CO)NC(=O)[C@H](Cc1ccc(O)cc1)NC(=O)[C@H](CO)NC(=O)[C@H](CO)NC(=O)[C@@H](NC(=O)[C@H](CO)NC(=O)[C@@H](NC(=O)[C@H](CO)NC(=O)[C@H](CCC(N)=O)NC(=O)[C@H](CO)NC(=O)[C@H](C)NC(=O)[C@@H](N)CCCNC(=N)N)C(C)C)[C@@H](C)O)C(=O)N[C@@H](Cc1cnc[nH]1)C(=O)O. The highest BCUT2D eigenvalue weighted by Crippen LogP contribution is 2.16. The molecule has 15 amide bonds. The minimum absolute atomic E-state index is 0.0485. The number of imidazole rings is 1. The summed E-state index contributed by atoms with van der Waals surface area (Å²) in [4.78, 5) is 223. The van der Waals surface area contributed by atoms with Gasteiger partial charge >= 0.3 is 5.97 Å². The molecule has 0 aliphatic rings. The number of phenols is 2. The maximum atomic E-state index is 14.3. The topological polar surface area (TPSA) is 786 Å². The van der Waals surface area contributed by atoms with Crippen LogP contribution in [0.15, 0.2) is 61.1 Å². The summed E-state index contributed by atoms with van der Waals surface area (Å²) in [5, 5.41) is 144. The Balaban J connectivity index is 1.77. The van der Waals surface area contributed by atoms with Crippen LogP contribution in [0, 0.1) is 11.3 Å². The summed E-state index contributed by atoms with van der Waals surface area (Å²) in [7, 11) is 0. The molecule has 2 aromatic carbocycles. The van der Waals surface area contributed by atoms with E-state index < -0.39 is 256 Å². The predicted molar refractivity (Wildman–Crippen MR) is 414 cm³/mol. The maximum absolute atomic E-state index is 14.3. The highest BCUT2D eigenvalue weighted by Gasteiger charge is 2.39. The first-order valence-electron chi connectivity index (χ1n) is 36.7. The van der Waals surface area contributed by atoms with Gasteiger partial charge < -0.3 is 153 Å². The normalized spacial score (nSPS) is 15.2. The lowest BCUT2D eigenvalue weighted by molar-refractivity contribution is -0.142. The molecule has 3 aromatic rings. The number of nitrogens with two attached hydrogens (primary N) is 3.